The third kappa shape index (κ3) is 2.39. The van der Waals surface area contributed by atoms with Crippen LogP contribution in [0.2, 0.25) is 0 Å². The van der Waals surface area contributed by atoms with Crippen molar-refractivity contribution < 1.29 is 9.15 Å². The predicted molar refractivity (Wildman–Crippen MR) is 70.0 cm³/mol. The van der Waals surface area contributed by atoms with E-state index in [0.29, 0.717) is 18.5 Å². The highest BCUT2D eigenvalue weighted by Gasteiger charge is 2.24. The third-order valence-electron chi connectivity index (χ3n) is 3.15. The fraction of sp³-hybridized carbons (Fsp3) is 0.385. The Balaban J connectivity index is 1.64. The van der Waals surface area contributed by atoms with E-state index in [4.69, 9.17) is 14.9 Å². The minimum absolute atomic E-state index is 0.107. The Morgan fingerprint density at radius 2 is 2.21 bits per heavy atom. The highest BCUT2D eigenvalue weighted by atomic mass is 16.5. The number of rotatable bonds is 4. The van der Waals surface area contributed by atoms with Crippen molar-refractivity contribution in [2.24, 2.45) is 5.73 Å². The van der Waals surface area contributed by atoms with Crippen LogP contribution in [0.1, 0.15) is 11.5 Å². The SMILES string of the molecule is CN(CC1Cc2ccccc2O1)c1nnc(CN)o1. The number of likely N-dealkylation sites (N-methyl/N-ethyl adjacent to an activating group) is 1. The molecule has 6 nitrogen and oxygen atoms in total. The lowest BCUT2D eigenvalue weighted by molar-refractivity contribution is 0.237. The van der Waals surface area contributed by atoms with Crippen molar-refractivity contribution in [3.8, 4) is 5.75 Å². The average molecular weight is 260 g/mol. The number of aromatic nitrogens is 2. The van der Waals surface area contributed by atoms with Gasteiger partial charge in [-0.3, -0.25) is 0 Å². The summed E-state index contributed by atoms with van der Waals surface area (Å²) in [6.45, 7) is 0.951. The predicted octanol–water partition coefficient (Wildman–Crippen LogP) is 0.968. The number of hydrogen-bond donors (Lipinski definition) is 1. The highest BCUT2D eigenvalue weighted by Crippen LogP contribution is 2.28. The fourth-order valence-electron chi connectivity index (χ4n) is 2.22. The van der Waals surface area contributed by atoms with Crippen molar-refractivity contribution in [3.05, 3.63) is 35.7 Å². The number of anilines is 1. The molecule has 1 unspecified atom stereocenters. The zero-order chi connectivity index (χ0) is 13.2. The van der Waals surface area contributed by atoms with E-state index in [2.05, 4.69) is 16.3 Å². The lowest BCUT2D eigenvalue weighted by Gasteiger charge is -2.18. The van der Waals surface area contributed by atoms with E-state index >= 15 is 0 Å². The molecular weight excluding hydrogens is 244 g/mol. The van der Waals surface area contributed by atoms with E-state index in [1.165, 1.54) is 5.56 Å². The Morgan fingerprint density at radius 1 is 1.37 bits per heavy atom. The van der Waals surface area contributed by atoms with Gasteiger partial charge >= 0.3 is 6.01 Å². The molecule has 100 valence electrons. The second-order valence-electron chi connectivity index (χ2n) is 4.61. The molecule has 0 saturated heterocycles. The quantitative estimate of drug-likeness (QED) is 0.882. The van der Waals surface area contributed by atoms with Gasteiger partial charge in [0.2, 0.25) is 5.89 Å². The van der Waals surface area contributed by atoms with E-state index in [0.717, 1.165) is 12.2 Å². The van der Waals surface area contributed by atoms with E-state index in [-0.39, 0.29) is 12.6 Å². The first-order valence-corrected chi connectivity index (χ1v) is 6.24. The maximum atomic E-state index is 5.88. The van der Waals surface area contributed by atoms with E-state index < -0.39 is 0 Å². The second-order valence-corrected chi connectivity index (χ2v) is 4.61. The van der Waals surface area contributed by atoms with Gasteiger partial charge in [-0.15, -0.1) is 5.10 Å². The molecule has 1 aliphatic rings. The molecule has 0 radical (unpaired) electrons. The molecule has 1 aromatic carbocycles. The first kappa shape index (κ1) is 12.0. The van der Waals surface area contributed by atoms with Crippen molar-refractivity contribution in [2.45, 2.75) is 19.1 Å². The van der Waals surface area contributed by atoms with Gasteiger partial charge in [0.25, 0.3) is 0 Å². The van der Waals surface area contributed by atoms with Gasteiger partial charge in [-0.25, -0.2) is 0 Å². The van der Waals surface area contributed by atoms with Gasteiger partial charge in [-0.1, -0.05) is 23.3 Å². The zero-order valence-corrected chi connectivity index (χ0v) is 10.7. The summed E-state index contributed by atoms with van der Waals surface area (Å²) in [5.74, 6) is 1.41. The summed E-state index contributed by atoms with van der Waals surface area (Å²) in [5, 5.41) is 7.80. The maximum Gasteiger partial charge on any atom is 0.318 e. The molecule has 6 heteroatoms. The summed E-state index contributed by atoms with van der Waals surface area (Å²) >= 11 is 0. The Bertz CT molecular complexity index is 544. The van der Waals surface area contributed by atoms with Crippen molar-refractivity contribution in [2.75, 3.05) is 18.5 Å². The number of para-hydroxylation sites is 1. The van der Waals surface area contributed by atoms with E-state index in [9.17, 15) is 0 Å². The smallest absolute Gasteiger partial charge is 0.318 e. The molecule has 0 aliphatic carbocycles. The summed E-state index contributed by atoms with van der Waals surface area (Å²) in [7, 11) is 1.90. The molecule has 0 fully saturated rings. The van der Waals surface area contributed by atoms with Crippen LogP contribution in [-0.2, 0) is 13.0 Å². The van der Waals surface area contributed by atoms with Gasteiger partial charge in [0.1, 0.15) is 11.9 Å². The standard InChI is InChI=1S/C13H16N4O2/c1-17(13-16-15-12(7-14)19-13)8-10-6-9-4-2-3-5-11(9)18-10/h2-5,10H,6-8,14H2,1H3. The van der Waals surface area contributed by atoms with Gasteiger partial charge in [0.15, 0.2) is 0 Å². The molecular formula is C13H16N4O2. The van der Waals surface area contributed by atoms with Crippen molar-refractivity contribution >= 4 is 6.01 Å². The average Bonchev–Trinajstić information content (AvgIpc) is 3.04. The summed E-state index contributed by atoms with van der Waals surface area (Å²) in [6, 6.07) is 8.57. The topological polar surface area (TPSA) is 77.4 Å². The third-order valence-corrected chi connectivity index (χ3v) is 3.15. The lowest BCUT2D eigenvalue weighted by Crippen LogP contribution is -2.32. The maximum absolute atomic E-state index is 5.88. The van der Waals surface area contributed by atoms with Gasteiger partial charge in [0, 0.05) is 13.5 Å². The minimum atomic E-state index is 0.107. The van der Waals surface area contributed by atoms with Crippen LogP contribution in [0.25, 0.3) is 0 Å². The summed E-state index contributed by atoms with van der Waals surface area (Å²) in [5.41, 5.74) is 6.69. The molecule has 1 aromatic heterocycles. The molecule has 2 heterocycles. The van der Waals surface area contributed by atoms with Crippen molar-refractivity contribution in [1.82, 2.24) is 10.2 Å². The van der Waals surface area contributed by atoms with E-state index in [1.54, 1.807) is 0 Å². The largest absolute Gasteiger partial charge is 0.488 e. The van der Waals surface area contributed by atoms with Crippen LogP contribution in [0.3, 0.4) is 0 Å². The molecule has 1 atom stereocenters. The Kier molecular flexibility index (Phi) is 3.08. The van der Waals surface area contributed by atoms with Gasteiger partial charge in [0.05, 0.1) is 13.1 Å². The highest BCUT2D eigenvalue weighted by molar-refractivity contribution is 5.38. The molecule has 2 N–H and O–H groups in total. The summed E-state index contributed by atoms with van der Waals surface area (Å²) in [6.07, 6.45) is 1.01. The van der Waals surface area contributed by atoms with Crippen LogP contribution in [0.5, 0.6) is 5.75 Å². The van der Waals surface area contributed by atoms with E-state index in [1.807, 2.05) is 30.1 Å². The first-order chi connectivity index (χ1) is 9.26. The zero-order valence-electron chi connectivity index (χ0n) is 10.7. The fourth-order valence-corrected chi connectivity index (χ4v) is 2.22. The van der Waals surface area contributed by atoms with Crippen LogP contribution in [0.4, 0.5) is 6.01 Å². The lowest BCUT2D eigenvalue weighted by atomic mass is 10.1. The van der Waals surface area contributed by atoms with Crippen LogP contribution < -0.4 is 15.4 Å². The number of benzene rings is 1. The van der Waals surface area contributed by atoms with Gasteiger partial charge in [-0.2, -0.15) is 0 Å². The number of ether oxygens (including phenoxy) is 1. The molecule has 0 spiro atoms. The van der Waals surface area contributed by atoms with Crippen molar-refractivity contribution in [3.63, 3.8) is 0 Å². The summed E-state index contributed by atoms with van der Waals surface area (Å²) in [4.78, 5) is 1.89. The number of hydrogen-bond acceptors (Lipinski definition) is 6. The Labute approximate surface area is 111 Å². The number of nitrogens with zero attached hydrogens (tertiary/aromatic N) is 3. The van der Waals surface area contributed by atoms with Gasteiger partial charge < -0.3 is 19.8 Å². The molecule has 3 rings (SSSR count). The Hall–Kier alpha value is -2.08. The molecule has 19 heavy (non-hydrogen) atoms. The number of fused-ring (bicyclic) bond motifs is 1. The molecule has 1 aliphatic heterocycles. The molecule has 2 aromatic rings. The molecule has 0 bridgehead atoms. The Morgan fingerprint density at radius 3 is 2.95 bits per heavy atom. The van der Waals surface area contributed by atoms with Crippen LogP contribution >= 0.6 is 0 Å². The minimum Gasteiger partial charge on any atom is -0.488 e. The second kappa shape index (κ2) is 4.89. The summed E-state index contributed by atoms with van der Waals surface area (Å²) < 4.78 is 11.3. The van der Waals surface area contributed by atoms with Crippen LogP contribution in [0.15, 0.2) is 28.7 Å². The first-order valence-electron chi connectivity index (χ1n) is 6.24. The molecule has 0 amide bonds. The monoisotopic (exact) mass is 260 g/mol. The molecule has 0 saturated carbocycles. The van der Waals surface area contributed by atoms with Crippen molar-refractivity contribution in [1.29, 1.82) is 0 Å². The number of nitrogens with two attached hydrogens (primary N) is 1. The normalized spacial score (nSPS) is 17.1. The van der Waals surface area contributed by atoms with Crippen LogP contribution in [-0.4, -0.2) is 29.9 Å². The van der Waals surface area contributed by atoms with Gasteiger partial charge in [-0.05, 0) is 11.6 Å². The van der Waals surface area contributed by atoms with Crippen LogP contribution in [0, 0.1) is 0 Å².